The van der Waals surface area contributed by atoms with Gasteiger partial charge in [-0.2, -0.15) is 0 Å². The lowest BCUT2D eigenvalue weighted by Crippen LogP contribution is -2.20. The fourth-order valence-electron chi connectivity index (χ4n) is 2.11. The first-order valence-electron chi connectivity index (χ1n) is 6.77. The van der Waals surface area contributed by atoms with Crippen LogP contribution in [0, 0.1) is 5.41 Å². The average molecular weight is 280 g/mol. The Bertz CT molecular complexity index is 800. The molecule has 0 bridgehead atoms. The maximum absolute atomic E-state index is 12.5. The fourth-order valence-corrected chi connectivity index (χ4v) is 2.11. The topological polar surface area (TPSA) is 71.5 Å². The predicted octanol–water partition coefficient (Wildman–Crippen LogP) is 3.25. The molecule has 0 amide bonds. The number of ketones is 1. The second-order valence-corrected chi connectivity index (χ2v) is 5.95. The van der Waals surface area contributed by atoms with Crippen molar-refractivity contribution < 1.29 is 4.79 Å². The van der Waals surface area contributed by atoms with E-state index in [2.05, 4.69) is 19.9 Å². The highest BCUT2D eigenvalue weighted by Crippen LogP contribution is 2.26. The minimum Gasteiger partial charge on any atom is -0.344 e. The molecule has 0 saturated carbocycles. The molecule has 0 spiro atoms. The molecule has 3 aromatic rings. The predicted molar refractivity (Wildman–Crippen MR) is 80.9 cm³/mol. The number of nitrogens with zero attached hydrogens (tertiary/aromatic N) is 3. The van der Waals surface area contributed by atoms with Gasteiger partial charge in [0.15, 0.2) is 11.4 Å². The van der Waals surface area contributed by atoms with Gasteiger partial charge in [0.05, 0.1) is 17.5 Å². The number of nitrogens with one attached hydrogen (secondary N) is 1. The van der Waals surface area contributed by atoms with Crippen LogP contribution in [0.3, 0.4) is 0 Å². The molecule has 5 heteroatoms. The van der Waals surface area contributed by atoms with Crippen molar-refractivity contribution in [1.29, 1.82) is 0 Å². The lowest BCUT2D eigenvalue weighted by molar-refractivity contribution is 0.0860. The number of pyridine rings is 1. The summed E-state index contributed by atoms with van der Waals surface area (Å²) >= 11 is 0. The van der Waals surface area contributed by atoms with Crippen molar-refractivity contribution in [2.75, 3.05) is 0 Å². The van der Waals surface area contributed by atoms with Gasteiger partial charge in [0, 0.05) is 17.8 Å². The summed E-state index contributed by atoms with van der Waals surface area (Å²) in [6, 6.07) is 5.61. The molecule has 0 aromatic carbocycles. The van der Waals surface area contributed by atoms with Crippen molar-refractivity contribution in [3.05, 3.63) is 42.4 Å². The Morgan fingerprint density at radius 3 is 2.62 bits per heavy atom. The van der Waals surface area contributed by atoms with Gasteiger partial charge in [-0.1, -0.05) is 26.8 Å². The fraction of sp³-hybridized carbons (Fsp3) is 0.250. The van der Waals surface area contributed by atoms with Gasteiger partial charge >= 0.3 is 0 Å². The van der Waals surface area contributed by atoms with Gasteiger partial charge in [0.2, 0.25) is 0 Å². The quantitative estimate of drug-likeness (QED) is 0.731. The molecule has 106 valence electrons. The Kier molecular flexibility index (Phi) is 3.05. The summed E-state index contributed by atoms with van der Waals surface area (Å²) < 4.78 is 0. The Balaban J connectivity index is 2.15. The van der Waals surface area contributed by atoms with Crippen LogP contribution in [0.5, 0.6) is 0 Å². The third-order valence-electron chi connectivity index (χ3n) is 3.23. The van der Waals surface area contributed by atoms with Gasteiger partial charge in [-0.25, -0.2) is 9.97 Å². The van der Waals surface area contributed by atoms with Crippen LogP contribution in [0.4, 0.5) is 0 Å². The van der Waals surface area contributed by atoms with Crippen molar-refractivity contribution in [1.82, 2.24) is 19.9 Å². The molecule has 3 aromatic heterocycles. The average Bonchev–Trinajstić information content (AvgIpc) is 2.89. The smallest absolute Gasteiger partial charge is 0.171 e. The number of fused-ring (bicyclic) bond motifs is 1. The van der Waals surface area contributed by atoms with Crippen LogP contribution in [0.15, 0.2) is 36.8 Å². The van der Waals surface area contributed by atoms with E-state index in [1.54, 1.807) is 18.6 Å². The molecular weight excluding hydrogens is 264 g/mol. The minimum atomic E-state index is -0.461. The third kappa shape index (κ3) is 2.42. The van der Waals surface area contributed by atoms with E-state index < -0.39 is 5.41 Å². The van der Waals surface area contributed by atoms with Crippen molar-refractivity contribution in [3.8, 4) is 11.4 Å². The number of rotatable bonds is 2. The normalized spacial score (nSPS) is 11.8. The molecular formula is C16H16N4O. The first-order valence-corrected chi connectivity index (χ1v) is 6.77. The molecule has 21 heavy (non-hydrogen) atoms. The number of Topliss-reactive ketones (excluding diaryl/α,β-unsaturated/α-hetero) is 1. The second-order valence-electron chi connectivity index (χ2n) is 5.95. The highest BCUT2D eigenvalue weighted by molar-refractivity contribution is 6.08. The zero-order valence-electron chi connectivity index (χ0n) is 12.2. The number of aromatic amines is 1. The molecule has 3 rings (SSSR count). The number of carbonyl (C=O) groups is 1. The molecule has 0 atom stereocenters. The van der Waals surface area contributed by atoms with Crippen LogP contribution in [-0.4, -0.2) is 25.7 Å². The molecule has 0 radical (unpaired) electrons. The number of hydrogen-bond donors (Lipinski definition) is 1. The lowest BCUT2D eigenvalue weighted by Gasteiger charge is -2.15. The number of H-pyrrole nitrogens is 1. The SMILES string of the molecule is CC(C)(C)C(=O)c1c[nH]c2ncc(-c3ccccn3)nc12. The number of hydrogen-bond acceptors (Lipinski definition) is 4. The monoisotopic (exact) mass is 280 g/mol. The van der Waals surface area contributed by atoms with Gasteiger partial charge in [0.1, 0.15) is 11.2 Å². The Morgan fingerprint density at radius 2 is 1.95 bits per heavy atom. The standard InChI is InChI=1S/C16H16N4O/c1-16(2,3)14(21)10-8-18-15-13(10)20-12(9-19-15)11-6-4-5-7-17-11/h4-9H,1-3H3,(H,18,19). The summed E-state index contributed by atoms with van der Waals surface area (Å²) in [5.74, 6) is 0.0428. The molecule has 0 fully saturated rings. The number of carbonyl (C=O) groups excluding carboxylic acids is 1. The van der Waals surface area contributed by atoms with Crippen LogP contribution >= 0.6 is 0 Å². The minimum absolute atomic E-state index is 0.0428. The highest BCUT2D eigenvalue weighted by Gasteiger charge is 2.26. The maximum atomic E-state index is 12.5. The first-order chi connectivity index (χ1) is 9.97. The van der Waals surface area contributed by atoms with Crippen molar-refractivity contribution >= 4 is 16.9 Å². The van der Waals surface area contributed by atoms with E-state index in [4.69, 9.17) is 0 Å². The molecule has 0 aliphatic carbocycles. The van der Waals surface area contributed by atoms with E-state index in [0.717, 1.165) is 5.69 Å². The van der Waals surface area contributed by atoms with Crippen molar-refractivity contribution in [2.24, 2.45) is 5.41 Å². The van der Waals surface area contributed by atoms with Crippen molar-refractivity contribution in [2.45, 2.75) is 20.8 Å². The van der Waals surface area contributed by atoms with E-state index in [1.807, 2.05) is 39.0 Å². The van der Waals surface area contributed by atoms with E-state index in [0.29, 0.717) is 22.4 Å². The first kappa shape index (κ1) is 13.4. The van der Waals surface area contributed by atoms with Gasteiger partial charge in [-0.05, 0) is 12.1 Å². The van der Waals surface area contributed by atoms with Crippen LogP contribution < -0.4 is 0 Å². The Labute approximate surface area is 122 Å². The lowest BCUT2D eigenvalue weighted by atomic mass is 9.87. The summed E-state index contributed by atoms with van der Waals surface area (Å²) in [4.78, 5) is 28.7. The summed E-state index contributed by atoms with van der Waals surface area (Å²) in [5.41, 5.74) is 2.72. The summed E-state index contributed by atoms with van der Waals surface area (Å²) in [6.45, 7) is 5.68. The Hall–Kier alpha value is -2.56. The zero-order valence-corrected chi connectivity index (χ0v) is 12.2. The van der Waals surface area contributed by atoms with E-state index in [-0.39, 0.29) is 5.78 Å². The van der Waals surface area contributed by atoms with Crippen molar-refractivity contribution in [3.63, 3.8) is 0 Å². The molecule has 1 N–H and O–H groups in total. The van der Waals surface area contributed by atoms with Crippen LogP contribution in [0.2, 0.25) is 0 Å². The summed E-state index contributed by atoms with van der Waals surface area (Å²) in [7, 11) is 0. The van der Waals surface area contributed by atoms with E-state index >= 15 is 0 Å². The number of aromatic nitrogens is 4. The van der Waals surface area contributed by atoms with Gasteiger partial charge in [-0.3, -0.25) is 9.78 Å². The van der Waals surface area contributed by atoms with Crippen LogP contribution in [0.25, 0.3) is 22.6 Å². The second kappa shape index (κ2) is 4.77. The zero-order chi connectivity index (χ0) is 15.0. The molecule has 3 heterocycles. The summed E-state index contributed by atoms with van der Waals surface area (Å²) in [5, 5.41) is 0. The maximum Gasteiger partial charge on any atom is 0.171 e. The molecule has 0 saturated heterocycles. The third-order valence-corrected chi connectivity index (χ3v) is 3.23. The van der Waals surface area contributed by atoms with Gasteiger partial charge < -0.3 is 4.98 Å². The summed E-state index contributed by atoms with van der Waals surface area (Å²) in [6.07, 6.45) is 5.05. The molecule has 0 unspecified atom stereocenters. The molecule has 0 aliphatic heterocycles. The molecule has 0 aliphatic rings. The molecule has 5 nitrogen and oxygen atoms in total. The van der Waals surface area contributed by atoms with Crippen LogP contribution in [0.1, 0.15) is 31.1 Å². The van der Waals surface area contributed by atoms with Gasteiger partial charge in [-0.15, -0.1) is 0 Å². The highest BCUT2D eigenvalue weighted by atomic mass is 16.1. The van der Waals surface area contributed by atoms with E-state index in [1.165, 1.54) is 0 Å². The van der Waals surface area contributed by atoms with E-state index in [9.17, 15) is 4.79 Å². The largest absolute Gasteiger partial charge is 0.344 e. The van der Waals surface area contributed by atoms with Crippen LogP contribution in [-0.2, 0) is 0 Å². The van der Waals surface area contributed by atoms with Gasteiger partial charge in [0.25, 0.3) is 0 Å². The Morgan fingerprint density at radius 1 is 1.14 bits per heavy atom.